The molecule has 1 aromatic heterocycles. The number of nitrogens with zero attached hydrogens (tertiary/aromatic N) is 1. The molecule has 0 aliphatic carbocycles. The fourth-order valence-corrected chi connectivity index (χ4v) is 2.46. The number of thiophene rings is 1. The number of nitriles is 1. The second kappa shape index (κ2) is 6.73. The average Bonchev–Trinajstić information content (AvgIpc) is 2.94. The summed E-state index contributed by atoms with van der Waals surface area (Å²) in [5.74, 6) is 0. The Labute approximate surface area is 122 Å². The predicted octanol–water partition coefficient (Wildman–Crippen LogP) is 3.29. The summed E-state index contributed by atoms with van der Waals surface area (Å²) >= 11 is 1.68. The van der Waals surface area contributed by atoms with Crippen LogP contribution < -0.4 is 10.6 Å². The lowest BCUT2D eigenvalue weighted by molar-refractivity contribution is 0.252. The van der Waals surface area contributed by atoms with Crippen LogP contribution in [0.1, 0.15) is 16.0 Å². The number of anilines is 1. The third-order valence-corrected chi connectivity index (χ3v) is 3.79. The first-order valence-corrected chi connectivity index (χ1v) is 7.15. The van der Waals surface area contributed by atoms with Crippen LogP contribution in [0.15, 0.2) is 35.7 Å². The Hall–Kier alpha value is -2.32. The lowest BCUT2D eigenvalue weighted by Gasteiger charge is -2.09. The van der Waals surface area contributed by atoms with Crippen molar-refractivity contribution in [3.05, 3.63) is 51.7 Å². The van der Waals surface area contributed by atoms with Crippen LogP contribution in [0.5, 0.6) is 0 Å². The normalized spacial score (nSPS) is 9.80. The van der Waals surface area contributed by atoms with Crippen LogP contribution in [0.4, 0.5) is 10.5 Å². The summed E-state index contributed by atoms with van der Waals surface area (Å²) in [5.41, 5.74) is 2.12. The molecule has 1 aromatic carbocycles. The Kier molecular flexibility index (Phi) is 4.75. The number of carbonyl (C=O) groups is 1. The fourth-order valence-electron chi connectivity index (χ4n) is 1.75. The number of amides is 2. The summed E-state index contributed by atoms with van der Waals surface area (Å²) in [4.78, 5) is 13.0. The van der Waals surface area contributed by atoms with Gasteiger partial charge in [-0.15, -0.1) is 11.3 Å². The topological polar surface area (TPSA) is 64.9 Å². The van der Waals surface area contributed by atoms with Gasteiger partial charge in [0.1, 0.15) is 0 Å². The van der Waals surface area contributed by atoms with E-state index in [1.165, 1.54) is 4.88 Å². The van der Waals surface area contributed by atoms with Gasteiger partial charge in [-0.1, -0.05) is 12.1 Å². The SMILES string of the molecule is Cc1ccc(C#N)cc1NC(=O)NCCc1cccs1. The second-order valence-corrected chi connectivity index (χ2v) is 5.38. The van der Waals surface area contributed by atoms with Gasteiger partial charge in [0.05, 0.1) is 11.6 Å². The number of hydrogen-bond donors (Lipinski definition) is 2. The number of carbonyl (C=O) groups excluding carboxylic acids is 1. The molecule has 0 saturated heterocycles. The quantitative estimate of drug-likeness (QED) is 0.905. The lowest BCUT2D eigenvalue weighted by Crippen LogP contribution is -2.30. The van der Waals surface area contributed by atoms with Crippen LogP contribution in [0.2, 0.25) is 0 Å². The number of benzene rings is 1. The summed E-state index contributed by atoms with van der Waals surface area (Å²) in [7, 11) is 0. The van der Waals surface area contributed by atoms with E-state index in [0.717, 1.165) is 12.0 Å². The summed E-state index contributed by atoms with van der Waals surface area (Å²) in [6.45, 7) is 2.48. The van der Waals surface area contributed by atoms with Crippen molar-refractivity contribution in [2.24, 2.45) is 0 Å². The van der Waals surface area contributed by atoms with Crippen LogP contribution in [0, 0.1) is 18.3 Å². The minimum Gasteiger partial charge on any atom is -0.338 e. The molecule has 0 aliphatic rings. The van der Waals surface area contributed by atoms with Crippen LogP contribution in [-0.2, 0) is 6.42 Å². The van der Waals surface area contributed by atoms with Gasteiger partial charge in [-0.05, 0) is 42.5 Å². The van der Waals surface area contributed by atoms with Gasteiger partial charge in [0.25, 0.3) is 0 Å². The first kappa shape index (κ1) is 14.1. The van der Waals surface area contributed by atoms with Gasteiger partial charge < -0.3 is 10.6 Å². The smallest absolute Gasteiger partial charge is 0.319 e. The molecular weight excluding hydrogens is 270 g/mol. The number of urea groups is 1. The Morgan fingerprint density at radius 3 is 2.95 bits per heavy atom. The average molecular weight is 285 g/mol. The molecule has 102 valence electrons. The van der Waals surface area contributed by atoms with Crippen LogP contribution in [0.25, 0.3) is 0 Å². The third-order valence-electron chi connectivity index (χ3n) is 2.85. The van der Waals surface area contributed by atoms with Crippen LogP contribution >= 0.6 is 11.3 Å². The minimum atomic E-state index is -0.250. The summed E-state index contributed by atoms with van der Waals surface area (Å²) in [6, 6.07) is 11.1. The van der Waals surface area contributed by atoms with E-state index in [1.54, 1.807) is 23.5 Å². The van der Waals surface area contributed by atoms with Gasteiger partial charge >= 0.3 is 6.03 Å². The molecule has 0 bridgehead atoms. The molecule has 2 rings (SSSR count). The number of nitrogens with one attached hydrogen (secondary N) is 2. The third kappa shape index (κ3) is 3.84. The van der Waals surface area contributed by atoms with Gasteiger partial charge in [-0.3, -0.25) is 0 Å². The molecule has 0 saturated carbocycles. The van der Waals surface area contributed by atoms with Crippen molar-refractivity contribution in [2.75, 3.05) is 11.9 Å². The van der Waals surface area contributed by atoms with E-state index in [4.69, 9.17) is 5.26 Å². The Morgan fingerprint density at radius 2 is 2.25 bits per heavy atom. The first-order chi connectivity index (χ1) is 9.69. The molecule has 0 spiro atoms. The zero-order valence-corrected chi connectivity index (χ0v) is 12.0. The molecule has 0 aliphatic heterocycles. The summed E-state index contributed by atoms with van der Waals surface area (Å²) in [6.07, 6.45) is 0.822. The molecule has 0 radical (unpaired) electrons. The highest BCUT2D eigenvalue weighted by molar-refractivity contribution is 7.09. The standard InChI is InChI=1S/C15H15N3OS/c1-11-4-5-12(10-16)9-14(11)18-15(19)17-7-6-13-3-2-8-20-13/h2-5,8-9H,6-7H2,1H3,(H2,17,18,19). The van der Waals surface area contributed by atoms with Crippen molar-refractivity contribution in [3.8, 4) is 6.07 Å². The molecule has 0 fully saturated rings. The van der Waals surface area contributed by atoms with Crippen molar-refractivity contribution in [2.45, 2.75) is 13.3 Å². The molecule has 20 heavy (non-hydrogen) atoms. The number of hydrogen-bond acceptors (Lipinski definition) is 3. The molecule has 0 unspecified atom stereocenters. The van der Waals surface area contributed by atoms with E-state index in [-0.39, 0.29) is 6.03 Å². The minimum absolute atomic E-state index is 0.250. The van der Waals surface area contributed by atoms with Crippen LogP contribution in [-0.4, -0.2) is 12.6 Å². The van der Waals surface area contributed by atoms with Gasteiger partial charge in [0.2, 0.25) is 0 Å². The van der Waals surface area contributed by atoms with E-state index >= 15 is 0 Å². The van der Waals surface area contributed by atoms with E-state index in [1.807, 2.05) is 30.5 Å². The maximum absolute atomic E-state index is 11.8. The predicted molar refractivity (Wildman–Crippen MR) is 80.9 cm³/mol. The number of aryl methyl sites for hydroxylation is 1. The highest BCUT2D eigenvalue weighted by atomic mass is 32.1. The van der Waals surface area contributed by atoms with E-state index in [0.29, 0.717) is 17.8 Å². The van der Waals surface area contributed by atoms with E-state index in [9.17, 15) is 4.79 Å². The van der Waals surface area contributed by atoms with Crippen molar-refractivity contribution in [1.29, 1.82) is 5.26 Å². The first-order valence-electron chi connectivity index (χ1n) is 6.27. The molecule has 2 aromatic rings. The Morgan fingerprint density at radius 1 is 1.40 bits per heavy atom. The highest BCUT2D eigenvalue weighted by Gasteiger charge is 2.05. The largest absolute Gasteiger partial charge is 0.338 e. The summed E-state index contributed by atoms with van der Waals surface area (Å²) < 4.78 is 0. The van der Waals surface area contributed by atoms with Gasteiger partial charge in [0.15, 0.2) is 0 Å². The zero-order chi connectivity index (χ0) is 14.4. The van der Waals surface area contributed by atoms with Crippen molar-refractivity contribution >= 4 is 23.1 Å². The monoisotopic (exact) mass is 285 g/mol. The molecule has 2 amide bonds. The van der Waals surface area contributed by atoms with Crippen molar-refractivity contribution in [3.63, 3.8) is 0 Å². The second-order valence-electron chi connectivity index (χ2n) is 4.35. The van der Waals surface area contributed by atoms with Crippen molar-refractivity contribution in [1.82, 2.24) is 5.32 Å². The Balaban J connectivity index is 1.86. The highest BCUT2D eigenvalue weighted by Crippen LogP contribution is 2.16. The van der Waals surface area contributed by atoms with Crippen LogP contribution in [0.3, 0.4) is 0 Å². The maximum Gasteiger partial charge on any atom is 0.319 e. The van der Waals surface area contributed by atoms with E-state index < -0.39 is 0 Å². The number of rotatable bonds is 4. The Bertz CT molecular complexity index is 629. The van der Waals surface area contributed by atoms with Gasteiger partial charge in [-0.25, -0.2) is 4.79 Å². The molecular formula is C15H15N3OS. The molecule has 5 heteroatoms. The van der Waals surface area contributed by atoms with Crippen molar-refractivity contribution < 1.29 is 4.79 Å². The van der Waals surface area contributed by atoms with Gasteiger partial charge in [-0.2, -0.15) is 5.26 Å². The van der Waals surface area contributed by atoms with E-state index in [2.05, 4.69) is 16.7 Å². The molecule has 1 heterocycles. The molecule has 2 N–H and O–H groups in total. The fraction of sp³-hybridized carbons (Fsp3) is 0.200. The maximum atomic E-state index is 11.8. The lowest BCUT2D eigenvalue weighted by atomic mass is 10.1. The zero-order valence-electron chi connectivity index (χ0n) is 11.1. The van der Waals surface area contributed by atoms with Gasteiger partial charge in [0, 0.05) is 17.1 Å². The molecule has 4 nitrogen and oxygen atoms in total. The molecule has 0 atom stereocenters. The summed E-state index contributed by atoms with van der Waals surface area (Å²) in [5, 5.41) is 16.5.